The van der Waals surface area contributed by atoms with Gasteiger partial charge in [0.15, 0.2) is 0 Å². The molecule has 0 saturated carbocycles. The van der Waals surface area contributed by atoms with Crippen molar-refractivity contribution in [2.75, 3.05) is 13.2 Å². The fraction of sp³-hybridized carbons (Fsp3) is 0.500. The summed E-state index contributed by atoms with van der Waals surface area (Å²) >= 11 is 0. The predicted octanol–water partition coefficient (Wildman–Crippen LogP) is 1.62. The fourth-order valence-electron chi connectivity index (χ4n) is 2.46. The second-order valence-electron chi connectivity index (χ2n) is 5.31. The number of aryl methyl sites for hydroxylation is 1. The first-order valence-corrected chi connectivity index (χ1v) is 7.31. The lowest BCUT2D eigenvalue weighted by molar-refractivity contribution is -0.143. The van der Waals surface area contributed by atoms with Gasteiger partial charge in [-0.2, -0.15) is 0 Å². The van der Waals surface area contributed by atoms with Gasteiger partial charge in [-0.1, -0.05) is 30.3 Å². The van der Waals surface area contributed by atoms with Crippen LogP contribution in [0.2, 0.25) is 0 Å². The lowest BCUT2D eigenvalue weighted by Crippen LogP contribution is -2.45. The molecule has 114 valence electrons. The molecular weight excluding hydrogens is 270 g/mol. The predicted molar refractivity (Wildman–Crippen MR) is 77.9 cm³/mol. The third-order valence-corrected chi connectivity index (χ3v) is 3.77. The minimum Gasteiger partial charge on any atom is -0.480 e. The fourth-order valence-corrected chi connectivity index (χ4v) is 2.46. The Morgan fingerprint density at radius 3 is 2.52 bits per heavy atom. The van der Waals surface area contributed by atoms with Crippen molar-refractivity contribution in [2.45, 2.75) is 31.7 Å². The molecule has 0 radical (unpaired) electrons. The number of carboxylic acid groups (broad SMARTS) is 1. The average Bonchev–Trinajstić information content (AvgIpc) is 2.52. The van der Waals surface area contributed by atoms with E-state index in [1.807, 2.05) is 30.3 Å². The molecule has 0 aromatic heterocycles. The summed E-state index contributed by atoms with van der Waals surface area (Å²) in [6.45, 7) is 1.14. The lowest BCUT2D eigenvalue weighted by atomic mass is 9.98. The summed E-state index contributed by atoms with van der Waals surface area (Å²) in [6, 6.07) is 8.85. The molecule has 21 heavy (non-hydrogen) atoms. The first-order chi connectivity index (χ1) is 10.2. The number of carbonyl (C=O) groups is 2. The van der Waals surface area contributed by atoms with E-state index in [2.05, 4.69) is 5.32 Å². The Bertz CT molecular complexity index is 468. The minimum atomic E-state index is -0.980. The van der Waals surface area contributed by atoms with Crippen LogP contribution in [0.1, 0.15) is 24.8 Å². The Labute approximate surface area is 124 Å². The van der Waals surface area contributed by atoms with Gasteiger partial charge in [0.2, 0.25) is 5.91 Å². The number of ether oxygens (including phenoxy) is 1. The van der Waals surface area contributed by atoms with E-state index < -0.39 is 12.0 Å². The molecular formula is C16H21NO4. The highest BCUT2D eigenvalue weighted by atomic mass is 16.5. The summed E-state index contributed by atoms with van der Waals surface area (Å²) in [6.07, 6.45) is 2.36. The van der Waals surface area contributed by atoms with Gasteiger partial charge in [-0.15, -0.1) is 0 Å². The molecule has 1 aromatic rings. The van der Waals surface area contributed by atoms with E-state index in [0.717, 1.165) is 5.56 Å². The summed E-state index contributed by atoms with van der Waals surface area (Å²) < 4.78 is 5.21. The Balaban J connectivity index is 1.86. The lowest BCUT2D eigenvalue weighted by Gasteiger charge is -2.23. The molecule has 0 bridgehead atoms. The zero-order valence-corrected chi connectivity index (χ0v) is 12.0. The van der Waals surface area contributed by atoms with Gasteiger partial charge >= 0.3 is 5.97 Å². The second kappa shape index (κ2) is 7.78. The van der Waals surface area contributed by atoms with Crippen molar-refractivity contribution in [1.82, 2.24) is 5.32 Å². The van der Waals surface area contributed by atoms with Gasteiger partial charge < -0.3 is 15.2 Å². The van der Waals surface area contributed by atoms with E-state index in [-0.39, 0.29) is 11.8 Å². The van der Waals surface area contributed by atoms with E-state index in [9.17, 15) is 14.7 Å². The minimum absolute atomic E-state index is 0.127. The zero-order chi connectivity index (χ0) is 15.1. The van der Waals surface area contributed by atoms with E-state index in [0.29, 0.717) is 38.9 Å². The van der Waals surface area contributed by atoms with Crippen LogP contribution in [0.25, 0.3) is 0 Å². The number of rotatable bonds is 6. The molecule has 2 rings (SSSR count). The second-order valence-corrected chi connectivity index (χ2v) is 5.31. The number of hydrogen-bond acceptors (Lipinski definition) is 3. The maximum Gasteiger partial charge on any atom is 0.326 e. The maximum absolute atomic E-state index is 12.1. The van der Waals surface area contributed by atoms with Crippen molar-refractivity contribution >= 4 is 11.9 Å². The number of carbonyl (C=O) groups excluding carboxylic acids is 1. The van der Waals surface area contributed by atoms with Crippen LogP contribution in [0.4, 0.5) is 0 Å². The quantitative estimate of drug-likeness (QED) is 0.835. The molecule has 1 aliphatic heterocycles. The summed E-state index contributed by atoms with van der Waals surface area (Å²) in [7, 11) is 0. The highest BCUT2D eigenvalue weighted by Gasteiger charge is 2.26. The van der Waals surface area contributed by atoms with E-state index in [1.54, 1.807) is 0 Å². The number of hydrogen-bond donors (Lipinski definition) is 2. The van der Waals surface area contributed by atoms with Crippen LogP contribution in [-0.2, 0) is 20.7 Å². The van der Waals surface area contributed by atoms with Crippen molar-refractivity contribution in [3.63, 3.8) is 0 Å². The first-order valence-electron chi connectivity index (χ1n) is 7.31. The van der Waals surface area contributed by atoms with E-state index >= 15 is 0 Å². The normalized spacial score (nSPS) is 17.1. The summed E-state index contributed by atoms with van der Waals surface area (Å²) in [5.41, 5.74) is 1.07. The molecule has 5 heteroatoms. The highest BCUT2D eigenvalue weighted by Crippen LogP contribution is 2.15. The van der Waals surface area contributed by atoms with Crippen LogP contribution in [-0.4, -0.2) is 36.2 Å². The summed E-state index contributed by atoms with van der Waals surface area (Å²) in [5, 5.41) is 11.9. The molecule has 1 amide bonds. The molecule has 5 nitrogen and oxygen atoms in total. The van der Waals surface area contributed by atoms with Crippen LogP contribution in [0.15, 0.2) is 30.3 Å². The molecule has 0 unspecified atom stereocenters. The number of amides is 1. The molecule has 2 N–H and O–H groups in total. The molecule has 1 aromatic carbocycles. The van der Waals surface area contributed by atoms with Crippen LogP contribution in [0.5, 0.6) is 0 Å². The van der Waals surface area contributed by atoms with Gasteiger partial charge in [0.25, 0.3) is 0 Å². The molecule has 0 aliphatic carbocycles. The monoisotopic (exact) mass is 291 g/mol. The number of aliphatic carboxylic acids is 1. The Morgan fingerprint density at radius 1 is 1.24 bits per heavy atom. The Morgan fingerprint density at radius 2 is 1.90 bits per heavy atom. The topological polar surface area (TPSA) is 75.6 Å². The van der Waals surface area contributed by atoms with Gasteiger partial charge in [-0.05, 0) is 31.2 Å². The number of nitrogens with one attached hydrogen (secondary N) is 1. The number of benzene rings is 1. The van der Waals surface area contributed by atoms with Crippen molar-refractivity contribution < 1.29 is 19.4 Å². The highest BCUT2D eigenvalue weighted by molar-refractivity contribution is 5.85. The van der Waals surface area contributed by atoms with Gasteiger partial charge in [-0.3, -0.25) is 4.79 Å². The molecule has 1 saturated heterocycles. The van der Waals surface area contributed by atoms with Crippen LogP contribution in [0, 0.1) is 5.92 Å². The first kappa shape index (κ1) is 15.5. The standard InChI is InChI=1S/C16H21NO4/c18-15(13-8-10-21-11-9-13)17-14(16(19)20)7-6-12-4-2-1-3-5-12/h1-5,13-14H,6-11H2,(H,17,18)(H,19,20)/t14-/m0/s1. The largest absolute Gasteiger partial charge is 0.480 e. The Kier molecular flexibility index (Phi) is 5.75. The van der Waals surface area contributed by atoms with Gasteiger partial charge in [0, 0.05) is 19.1 Å². The van der Waals surface area contributed by atoms with Gasteiger partial charge in [0.05, 0.1) is 0 Å². The molecule has 1 aliphatic rings. The third-order valence-electron chi connectivity index (χ3n) is 3.77. The van der Waals surface area contributed by atoms with Crippen molar-refractivity contribution in [3.8, 4) is 0 Å². The van der Waals surface area contributed by atoms with Crippen LogP contribution < -0.4 is 5.32 Å². The van der Waals surface area contributed by atoms with Gasteiger partial charge in [-0.25, -0.2) is 4.79 Å². The summed E-state index contributed by atoms with van der Waals surface area (Å²) in [5.74, 6) is -1.28. The zero-order valence-electron chi connectivity index (χ0n) is 12.0. The molecule has 1 atom stereocenters. The van der Waals surface area contributed by atoms with Gasteiger partial charge in [0.1, 0.15) is 6.04 Å². The number of carboxylic acids is 1. The molecule has 1 fully saturated rings. The Hall–Kier alpha value is -1.88. The molecule has 1 heterocycles. The van der Waals surface area contributed by atoms with Crippen molar-refractivity contribution in [1.29, 1.82) is 0 Å². The third kappa shape index (κ3) is 4.86. The SMILES string of the molecule is O=C(N[C@@H](CCc1ccccc1)C(=O)O)C1CCOCC1. The van der Waals surface area contributed by atoms with Crippen molar-refractivity contribution in [3.05, 3.63) is 35.9 Å². The van der Waals surface area contributed by atoms with Crippen LogP contribution >= 0.6 is 0 Å². The smallest absolute Gasteiger partial charge is 0.326 e. The van der Waals surface area contributed by atoms with Crippen LogP contribution in [0.3, 0.4) is 0 Å². The average molecular weight is 291 g/mol. The molecule has 0 spiro atoms. The van der Waals surface area contributed by atoms with E-state index in [1.165, 1.54) is 0 Å². The van der Waals surface area contributed by atoms with Crippen molar-refractivity contribution in [2.24, 2.45) is 5.92 Å². The maximum atomic E-state index is 12.1. The summed E-state index contributed by atoms with van der Waals surface area (Å²) in [4.78, 5) is 23.4. The van der Waals surface area contributed by atoms with E-state index in [4.69, 9.17) is 4.74 Å².